The average Bonchev–Trinajstić information content (AvgIpc) is 3.67. The van der Waals surface area contributed by atoms with Gasteiger partial charge in [0.1, 0.15) is 0 Å². The molecule has 0 atom stereocenters. The number of benzene rings is 5. The fourth-order valence-electron chi connectivity index (χ4n) is 7.15. The average molecular weight is 615 g/mol. The van der Waals surface area contributed by atoms with Gasteiger partial charge in [0.15, 0.2) is 5.82 Å². The Balaban J connectivity index is 1.13. The van der Waals surface area contributed by atoms with E-state index in [2.05, 4.69) is 134 Å². The normalized spacial score (nSPS) is 11.8. The molecule has 0 N–H and O–H groups in total. The van der Waals surface area contributed by atoms with E-state index >= 15 is 0 Å². The fraction of sp³-hybridized carbons (Fsp3) is 0. The maximum Gasteiger partial charge on any atom is 0.160 e. The lowest BCUT2D eigenvalue weighted by Crippen LogP contribution is -1.97. The number of hydrogen-bond donors (Lipinski definition) is 0. The zero-order valence-corrected chi connectivity index (χ0v) is 25.7. The zero-order chi connectivity index (χ0) is 31.6. The van der Waals surface area contributed by atoms with Crippen molar-refractivity contribution in [3.05, 3.63) is 158 Å². The Kier molecular flexibility index (Phi) is 5.77. The number of fused-ring (bicyclic) bond motifs is 7. The predicted octanol–water partition coefficient (Wildman–Crippen LogP) is 9.95. The summed E-state index contributed by atoms with van der Waals surface area (Å²) in [5.41, 5.74) is 10.4. The number of aromatic nitrogens is 6. The summed E-state index contributed by atoms with van der Waals surface area (Å²) >= 11 is 0. The monoisotopic (exact) mass is 614 g/mol. The van der Waals surface area contributed by atoms with Crippen LogP contribution in [0.2, 0.25) is 0 Å². The lowest BCUT2D eigenvalue weighted by atomic mass is 10.0. The van der Waals surface area contributed by atoms with E-state index in [1.54, 1.807) is 0 Å². The van der Waals surface area contributed by atoms with Crippen LogP contribution >= 0.6 is 0 Å². The topological polar surface area (TPSA) is 61.4 Å². The van der Waals surface area contributed by atoms with Crippen molar-refractivity contribution in [2.24, 2.45) is 0 Å². The SMILES string of the molecule is c1ccc(-n2c3ccc(-c4nc(-c5ccc(-n6c7ccccc7c7ccncc76)cc5)c5ccccc5n4)cc3c3ccncc32)cc1. The van der Waals surface area contributed by atoms with Crippen molar-refractivity contribution in [1.82, 2.24) is 29.1 Å². The first-order valence-electron chi connectivity index (χ1n) is 16.0. The quantitative estimate of drug-likeness (QED) is 0.198. The number of para-hydroxylation sites is 3. The molecule has 6 heteroatoms. The van der Waals surface area contributed by atoms with Crippen LogP contribution in [0.15, 0.2) is 158 Å². The smallest absolute Gasteiger partial charge is 0.160 e. The molecular weight excluding hydrogens is 589 g/mol. The van der Waals surface area contributed by atoms with Crippen LogP contribution in [0.4, 0.5) is 0 Å². The third-order valence-corrected chi connectivity index (χ3v) is 9.32. The van der Waals surface area contributed by atoms with Crippen molar-refractivity contribution in [3.63, 3.8) is 0 Å². The molecule has 6 nitrogen and oxygen atoms in total. The highest BCUT2D eigenvalue weighted by Crippen LogP contribution is 2.36. The molecule has 0 saturated carbocycles. The van der Waals surface area contributed by atoms with Crippen molar-refractivity contribution in [1.29, 1.82) is 0 Å². The van der Waals surface area contributed by atoms with Gasteiger partial charge in [0.2, 0.25) is 0 Å². The molecule has 5 aromatic carbocycles. The first-order valence-corrected chi connectivity index (χ1v) is 16.0. The molecule has 0 fully saturated rings. The zero-order valence-electron chi connectivity index (χ0n) is 25.7. The van der Waals surface area contributed by atoms with E-state index in [-0.39, 0.29) is 0 Å². The van der Waals surface area contributed by atoms with Crippen LogP contribution in [-0.2, 0) is 0 Å². The van der Waals surface area contributed by atoms with Gasteiger partial charge in [-0.25, -0.2) is 9.97 Å². The van der Waals surface area contributed by atoms with Gasteiger partial charge in [-0.1, -0.05) is 66.7 Å². The lowest BCUT2D eigenvalue weighted by molar-refractivity contribution is 1.16. The molecule has 0 aliphatic rings. The van der Waals surface area contributed by atoms with Gasteiger partial charge in [-0.3, -0.25) is 9.97 Å². The third kappa shape index (κ3) is 3.99. The van der Waals surface area contributed by atoms with Gasteiger partial charge in [0.25, 0.3) is 0 Å². The van der Waals surface area contributed by atoms with Crippen molar-refractivity contribution in [2.75, 3.05) is 0 Å². The summed E-state index contributed by atoms with van der Waals surface area (Å²) in [5.74, 6) is 0.692. The van der Waals surface area contributed by atoms with Gasteiger partial charge >= 0.3 is 0 Å². The molecule has 5 aromatic heterocycles. The molecule has 0 amide bonds. The number of hydrogen-bond acceptors (Lipinski definition) is 4. The summed E-state index contributed by atoms with van der Waals surface area (Å²) in [6.07, 6.45) is 7.59. The minimum Gasteiger partial charge on any atom is -0.308 e. The Hall–Kier alpha value is -6.66. The summed E-state index contributed by atoms with van der Waals surface area (Å²) in [5, 5.41) is 5.70. The summed E-state index contributed by atoms with van der Waals surface area (Å²) < 4.78 is 4.55. The maximum absolute atomic E-state index is 5.24. The van der Waals surface area contributed by atoms with Crippen LogP contribution in [0.5, 0.6) is 0 Å². The van der Waals surface area contributed by atoms with Gasteiger partial charge < -0.3 is 9.13 Å². The highest BCUT2D eigenvalue weighted by Gasteiger charge is 2.17. The molecule has 10 aromatic rings. The van der Waals surface area contributed by atoms with Gasteiger partial charge in [-0.05, 0) is 66.7 Å². The van der Waals surface area contributed by atoms with Crippen LogP contribution in [0.25, 0.3) is 88.5 Å². The van der Waals surface area contributed by atoms with Crippen LogP contribution in [0.3, 0.4) is 0 Å². The first-order chi connectivity index (χ1) is 23.8. The third-order valence-electron chi connectivity index (χ3n) is 9.32. The van der Waals surface area contributed by atoms with E-state index < -0.39 is 0 Å². The standard InChI is InChI=1S/C42H26N6/c1-2-8-29(9-3-1)47-38-19-16-28(24-35(38)33-21-23-44-26-40(33)47)42-45-36-12-6-4-11-34(36)41(46-42)27-14-17-30(18-15-27)48-37-13-7-5-10-31(37)32-20-22-43-25-39(32)48/h1-26H. The van der Waals surface area contributed by atoms with Gasteiger partial charge in [0, 0.05) is 61.8 Å². The summed E-state index contributed by atoms with van der Waals surface area (Å²) in [6.45, 7) is 0. The number of rotatable bonds is 4. The second-order valence-corrected chi connectivity index (χ2v) is 12.0. The van der Waals surface area contributed by atoms with Crippen LogP contribution in [-0.4, -0.2) is 29.1 Å². The molecule has 5 heterocycles. The second-order valence-electron chi connectivity index (χ2n) is 12.0. The van der Waals surface area contributed by atoms with Crippen LogP contribution < -0.4 is 0 Å². The Morgan fingerprint density at radius 2 is 0.979 bits per heavy atom. The molecule has 0 aliphatic carbocycles. The van der Waals surface area contributed by atoms with Crippen molar-refractivity contribution < 1.29 is 0 Å². The summed E-state index contributed by atoms with van der Waals surface area (Å²) in [4.78, 5) is 19.2. The van der Waals surface area contributed by atoms with Crippen molar-refractivity contribution in [2.45, 2.75) is 0 Å². The van der Waals surface area contributed by atoms with Crippen molar-refractivity contribution in [3.8, 4) is 34.0 Å². The number of nitrogens with zero attached hydrogens (tertiary/aromatic N) is 6. The molecule has 224 valence electrons. The van der Waals surface area contributed by atoms with Gasteiger partial charge in [-0.2, -0.15) is 0 Å². The summed E-state index contributed by atoms with van der Waals surface area (Å²) in [7, 11) is 0. The molecule has 10 rings (SSSR count). The lowest BCUT2D eigenvalue weighted by Gasteiger charge is -2.12. The number of pyridine rings is 2. The highest BCUT2D eigenvalue weighted by atomic mass is 15.0. The van der Waals surface area contributed by atoms with Crippen LogP contribution in [0.1, 0.15) is 0 Å². The Morgan fingerprint density at radius 3 is 1.75 bits per heavy atom. The van der Waals surface area contributed by atoms with Crippen molar-refractivity contribution >= 4 is 54.5 Å². The Morgan fingerprint density at radius 1 is 0.396 bits per heavy atom. The van der Waals surface area contributed by atoms with Gasteiger partial charge in [-0.15, -0.1) is 0 Å². The van der Waals surface area contributed by atoms with E-state index in [9.17, 15) is 0 Å². The fourth-order valence-corrected chi connectivity index (χ4v) is 7.15. The highest BCUT2D eigenvalue weighted by molar-refractivity contribution is 6.10. The first kappa shape index (κ1) is 26.5. The van der Waals surface area contributed by atoms with E-state index in [1.807, 2.05) is 43.0 Å². The minimum atomic E-state index is 0.692. The van der Waals surface area contributed by atoms with Crippen LogP contribution in [0, 0.1) is 0 Å². The summed E-state index contributed by atoms with van der Waals surface area (Å²) in [6, 6.07) is 46.5. The minimum absolute atomic E-state index is 0.692. The molecule has 0 aliphatic heterocycles. The molecular formula is C42H26N6. The molecule has 48 heavy (non-hydrogen) atoms. The molecule has 0 saturated heterocycles. The largest absolute Gasteiger partial charge is 0.308 e. The Labute approximate surface area is 275 Å². The molecule has 0 radical (unpaired) electrons. The van der Waals surface area contributed by atoms with E-state index in [4.69, 9.17) is 9.97 Å². The molecule has 0 bridgehead atoms. The van der Waals surface area contributed by atoms with Gasteiger partial charge in [0.05, 0.1) is 45.7 Å². The van der Waals surface area contributed by atoms with E-state index in [1.165, 1.54) is 10.8 Å². The maximum atomic E-state index is 5.24. The second kappa shape index (κ2) is 10.4. The molecule has 0 spiro atoms. The Bertz CT molecular complexity index is 2780. The molecule has 0 unspecified atom stereocenters. The van der Waals surface area contributed by atoms with E-state index in [0.29, 0.717) is 5.82 Å². The predicted molar refractivity (Wildman–Crippen MR) is 195 cm³/mol. The van der Waals surface area contributed by atoms with E-state index in [0.717, 1.165) is 71.9 Å².